The van der Waals surface area contributed by atoms with Crippen LogP contribution in [-0.4, -0.2) is 23.9 Å². The van der Waals surface area contributed by atoms with E-state index in [1.54, 1.807) is 0 Å². The van der Waals surface area contributed by atoms with Gasteiger partial charge in [0.05, 0.1) is 4.92 Å². The Morgan fingerprint density at radius 1 is 1.67 bits per heavy atom. The highest BCUT2D eigenvalue weighted by molar-refractivity contribution is 4.77. The summed E-state index contributed by atoms with van der Waals surface area (Å²) >= 11 is 0. The van der Waals surface area contributed by atoms with Crippen LogP contribution in [0.4, 0.5) is 0 Å². The van der Waals surface area contributed by atoms with Gasteiger partial charge >= 0.3 is 0 Å². The van der Waals surface area contributed by atoms with Gasteiger partial charge in [0.2, 0.25) is 6.20 Å². The van der Waals surface area contributed by atoms with Crippen LogP contribution in [0.5, 0.6) is 0 Å². The first-order valence-corrected chi connectivity index (χ1v) is 2.23. The van der Waals surface area contributed by atoms with Crippen molar-refractivity contribution in [2.45, 2.75) is 0 Å². The van der Waals surface area contributed by atoms with Crippen molar-refractivity contribution in [3.63, 3.8) is 0 Å². The summed E-state index contributed by atoms with van der Waals surface area (Å²) in [6.07, 6.45) is 0.417. The number of nitro groups is 1. The van der Waals surface area contributed by atoms with E-state index in [1.165, 1.54) is 14.1 Å². The van der Waals surface area contributed by atoms with Crippen molar-refractivity contribution in [1.29, 1.82) is 0 Å². The Labute approximate surface area is 52.4 Å². The maximum absolute atomic E-state index is 10.4. The number of hydrogen-bond donors (Lipinski definition) is 0. The molecule has 0 saturated heterocycles. The maximum atomic E-state index is 10.4. The number of rotatable bonds is 2. The largest absolute Gasteiger partial charge is 0.856 e. The third kappa shape index (κ3) is 3.33. The zero-order chi connectivity index (χ0) is 7.44. The molecule has 0 spiro atoms. The number of nitrogens with zero attached hydrogens (tertiary/aromatic N) is 2. The third-order valence-corrected chi connectivity index (χ3v) is 0.657. The van der Waals surface area contributed by atoms with E-state index >= 15 is 0 Å². The van der Waals surface area contributed by atoms with Gasteiger partial charge in [-0.2, -0.15) is 0 Å². The molecule has 5 heteroatoms. The van der Waals surface area contributed by atoms with E-state index < -0.39 is 10.8 Å². The van der Waals surface area contributed by atoms with Crippen LogP contribution in [0, 0.1) is 10.1 Å². The van der Waals surface area contributed by atoms with Crippen LogP contribution >= 0.6 is 0 Å². The Hall–Kier alpha value is -1.26. The Kier molecular flexibility index (Phi) is 2.50. The van der Waals surface area contributed by atoms with Crippen LogP contribution < -0.4 is 5.11 Å². The van der Waals surface area contributed by atoms with Crippen LogP contribution in [0.3, 0.4) is 0 Å². The lowest BCUT2D eigenvalue weighted by atomic mass is 10.7. The molecule has 0 bridgehead atoms. The van der Waals surface area contributed by atoms with E-state index in [4.69, 9.17) is 0 Å². The van der Waals surface area contributed by atoms with Crippen LogP contribution in [0.2, 0.25) is 0 Å². The van der Waals surface area contributed by atoms with E-state index in [0.29, 0.717) is 6.20 Å². The molecule has 0 unspecified atom stereocenters. The molecule has 0 saturated carbocycles. The van der Waals surface area contributed by atoms with E-state index in [-0.39, 0.29) is 0 Å². The predicted octanol–water partition coefficient (Wildman–Crippen LogP) is -1.02. The van der Waals surface area contributed by atoms with E-state index in [1.807, 2.05) is 0 Å². The molecule has 0 radical (unpaired) electrons. The molecule has 0 N–H and O–H groups in total. The summed E-state index contributed by atoms with van der Waals surface area (Å²) in [5.41, 5.74) is 0. The minimum atomic E-state index is -0.775. The molecule has 0 fully saturated rings. The SMILES string of the molecule is CN(C)C([O-])=C[N+](=O)[O-]. The fourth-order valence-electron chi connectivity index (χ4n) is 0.206. The van der Waals surface area contributed by atoms with Gasteiger partial charge in [0.15, 0.2) is 0 Å². The monoisotopic (exact) mass is 131 g/mol. The van der Waals surface area contributed by atoms with Crippen molar-refractivity contribution in [2.75, 3.05) is 14.1 Å². The molecule has 0 aliphatic heterocycles. The maximum Gasteiger partial charge on any atom is 0.242 e. The lowest BCUT2D eigenvalue weighted by Gasteiger charge is -2.17. The lowest BCUT2D eigenvalue weighted by Crippen LogP contribution is -2.22. The van der Waals surface area contributed by atoms with Crippen LogP contribution in [0.1, 0.15) is 0 Å². The van der Waals surface area contributed by atoms with Gasteiger partial charge in [0, 0.05) is 20.0 Å². The summed E-state index contributed by atoms with van der Waals surface area (Å²) in [7, 11) is 2.89. The van der Waals surface area contributed by atoms with Gasteiger partial charge in [-0.1, -0.05) is 0 Å². The van der Waals surface area contributed by atoms with Crippen molar-refractivity contribution in [3.05, 3.63) is 22.2 Å². The van der Waals surface area contributed by atoms with Crippen molar-refractivity contribution >= 4 is 0 Å². The second kappa shape index (κ2) is 2.91. The first-order valence-electron chi connectivity index (χ1n) is 2.23. The molecular weight excluding hydrogens is 124 g/mol. The second-order valence-corrected chi connectivity index (χ2v) is 1.65. The molecule has 0 aliphatic carbocycles. The second-order valence-electron chi connectivity index (χ2n) is 1.65. The first kappa shape index (κ1) is 7.74. The van der Waals surface area contributed by atoms with Gasteiger partial charge in [0.25, 0.3) is 0 Å². The molecule has 0 heterocycles. The highest BCUT2D eigenvalue weighted by atomic mass is 16.6. The normalized spacial score (nSPS) is 11.1. The molecule has 9 heavy (non-hydrogen) atoms. The molecule has 0 aromatic heterocycles. The molecule has 5 nitrogen and oxygen atoms in total. The minimum absolute atomic E-state index is 0.417. The van der Waals surface area contributed by atoms with Crippen molar-refractivity contribution < 1.29 is 10.0 Å². The summed E-state index contributed by atoms with van der Waals surface area (Å²) in [4.78, 5) is 9.97. The predicted molar refractivity (Wildman–Crippen MR) is 28.8 cm³/mol. The Morgan fingerprint density at radius 2 is 2.11 bits per heavy atom. The lowest BCUT2D eigenvalue weighted by molar-refractivity contribution is -0.426. The van der Waals surface area contributed by atoms with Crippen LogP contribution in [0.15, 0.2) is 12.1 Å². The molecule has 0 atom stereocenters. The van der Waals surface area contributed by atoms with Gasteiger partial charge in [-0.3, -0.25) is 10.1 Å². The van der Waals surface area contributed by atoms with Gasteiger partial charge in [0.1, 0.15) is 0 Å². The fraction of sp³-hybridized carbons (Fsp3) is 0.500. The van der Waals surface area contributed by atoms with Gasteiger partial charge in [-0.15, -0.1) is 0 Å². The topological polar surface area (TPSA) is 69.4 Å². The molecular formula is C4H7N2O3-. The highest BCUT2D eigenvalue weighted by Crippen LogP contribution is 1.85. The van der Waals surface area contributed by atoms with Crippen molar-refractivity contribution in [1.82, 2.24) is 4.90 Å². The molecule has 52 valence electrons. The molecule has 0 rings (SSSR count). The van der Waals surface area contributed by atoms with E-state index in [2.05, 4.69) is 0 Å². The van der Waals surface area contributed by atoms with Gasteiger partial charge in [-0.05, 0) is 0 Å². The van der Waals surface area contributed by atoms with Crippen molar-refractivity contribution in [2.24, 2.45) is 0 Å². The Balaban J connectivity index is 4.00. The smallest absolute Gasteiger partial charge is 0.242 e. The zero-order valence-corrected chi connectivity index (χ0v) is 5.20. The van der Waals surface area contributed by atoms with Crippen molar-refractivity contribution in [3.8, 4) is 0 Å². The summed E-state index contributed by atoms with van der Waals surface area (Å²) in [6.45, 7) is 0. The Morgan fingerprint density at radius 3 is 2.22 bits per heavy atom. The third-order valence-electron chi connectivity index (χ3n) is 0.657. The zero-order valence-electron chi connectivity index (χ0n) is 5.20. The van der Waals surface area contributed by atoms with Crippen LogP contribution in [0.25, 0.3) is 0 Å². The average molecular weight is 131 g/mol. The van der Waals surface area contributed by atoms with Gasteiger partial charge in [-0.25, -0.2) is 0 Å². The quantitative estimate of drug-likeness (QED) is 0.273. The van der Waals surface area contributed by atoms with Crippen LogP contribution in [-0.2, 0) is 0 Å². The van der Waals surface area contributed by atoms with E-state index in [9.17, 15) is 15.2 Å². The minimum Gasteiger partial charge on any atom is -0.856 e. The first-order chi connectivity index (χ1) is 4.04. The van der Waals surface area contributed by atoms with Gasteiger partial charge < -0.3 is 10.0 Å². The molecule has 0 aromatic carbocycles. The summed E-state index contributed by atoms with van der Waals surface area (Å²) < 4.78 is 0. The molecule has 0 aromatic rings. The molecule has 0 aliphatic rings. The number of hydrogen-bond acceptors (Lipinski definition) is 4. The average Bonchev–Trinajstić information content (AvgIpc) is 1.63. The summed E-state index contributed by atoms with van der Waals surface area (Å²) in [6, 6.07) is 0. The fourth-order valence-corrected chi connectivity index (χ4v) is 0.206. The molecule has 0 amide bonds. The highest BCUT2D eigenvalue weighted by Gasteiger charge is 1.89. The summed E-state index contributed by atoms with van der Waals surface area (Å²) in [5.74, 6) is -0.611. The summed E-state index contributed by atoms with van der Waals surface area (Å²) in [5, 5.41) is 20.0. The van der Waals surface area contributed by atoms with E-state index in [0.717, 1.165) is 4.90 Å². The standard InChI is InChI=1S/C4H8N2O3/c1-5(2)4(7)3-6(8)9/h3,7H,1-2H3/p-1. The Bertz CT molecular complexity index is 141.